The van der Waals surface area contributed by atoms with Gasteiger partial charge in [0.1, 0.15) is 18.4 Å². The molecule has 0 fully saturated rings. The number of nitrogens with two attached hydrogens (primary N) is 1. The Morgan fingerprint density at radius 1 is 1.45 bits per heavy atom. The fraction of sp³-hybridized carbons (Fsp3) is 0.385. The quantitative estimate of drug-likeness (QED) is 0.427. The minimum atomic E-state index is -1.38. The number of nitrogens with zero attached hydrogens (tertiary/aromatic N) is 1. The molecule has 0 unspecified atom stereocenters. The van der Waals surface area contributed by atoms with E-state index in [1.807, 2.05) is 0 Å². The average Bonchev–Trinajstić information content (AvgIpc) is 2.45. The summed E-state index contributed by atoms with van der Waals surface area (Å²) in [5.41, 5.74) is 5.70. The number of carbonyl (C=O) groups is 2. The number of benzene rings is 1. The number of esters is 1. The molecule has 0 saturated heterocycles. The van der Waals surface area contributed by atoms with Crippen molar-refractivity contribution in [3.05, 3.63) is 33.4 Å². The first-order valence-corrected chi connectivity index (χ1v) is 6.22. The molecule has 9 nitrogen and oxygen atoms in total. The number of nitro benzene ring substituents is 1. The molecule has 0 aliphatic carbocycles. The third kappa shape index (κ3) is 4.42. The summed E-state index contributed by atoms with van der Waals surface area (Å²) in [7, 11) is 1.41. The van der Waals surface area contributed by atoms with Crippen molar-refractivity contribution in [3.63, 3.8) is 0 Å². The first-order chi connectivity index (χ1) is 10.3. The molecule has 1 rings (SSSR count). The van der Waals surface area contributed by atoms with Crippen molar-refractivity contribution in [3.8, 4) is 5.75 Å². The van der Waals surface area contributed by atoms with Gasteiger partial charge >= 0.3 is 11.9 Å². The van der Waals surface area contributed by atoms with Crippen LogP contribution in [0.5, 0.6) is 5.75 Å². The van der Waals surface area contributed by atoms with Crippen molar-refractivity contribution in [1.82, 2.24) is 0 Å². The molecule has 0 heterocycles. The first-order valence-electron chi connectivity index (χ1n) is 6.22. The van der Waals surface area contributed by atoms with Crippen molar-refractivity contribution in [2.24, 2.45) is 5.73 Å². The van der Waals surface area contributed by atoms with Gasteiger partial charge in [0, 0.05) is 6.07 Å². The Balaban J connectivity index is 2.86. The van der Waals surface area contributed by atoms with E-state index in [4.69, 9.17) is 20.3 Å². The fourth-order valence-corrected chi connectivity index (χ4v) is 1.70. The number of aryl methyl sites for hydroxylation is 1. The third-order valence-electron chi connectivity index (χ3n) is 2.89. The van der Waals surface area contributed by atoms with Gasteiger partial charge in [-0.1, -0.05) is 0 Å². The van der Waals surface area contributed by atoms with E-state index in [0.29, 0.717) is 11.3 Å². The monoisotopic (exact) mass is 312 g/mol. The predicted molar refractivity (Wildman–Crippen MR) is 74.4 cm³/mol. The van der Waals surface area contributed by atoms with Crippen LogP contribution in [0.25, 0.3) is 0 Å². The van der Waals surface area contributed by atoms with Crippen molar-refractivity contribution < 1.29 is 29.1 Å². The summed E-state index contributed by atoms with van der Waals surface area (Å²) in [6.45, 7) is 1.27. The van der Waals surface area contributed by atoms with E-state index >= 15 is 0 Å². The summed E-state index contributed by atoms with van der Waals surface area (Å²) in [6, 6.07) is 1.33. The molecule has 0 aliphatic heterocycles. The standard InChI is InChI=1S/C13H16N2O7/c1-7-3-10(15(19)20)8(4-11(7)21-2)6-22-12(16)5-9(14)13(17)18/h3-4,9H,5-6,14H2,1-2H3,(H,17,18)/t9-/m0/s1. The maximum atomic E-state index is 11.5. The molecule has 22 heavy (non-hydrogen) atoms. The molecule has 9 heteroatoms. The number of aliphatic carboxylic acids is 1. The van der Waals surface area contributed by atoms with E-state index in [1.165, 1.54) is 19.2 Å². The van der Waals surface area contributed by atoms with Crippen molar-refractivity contribution in [2.45, 2.75) is 26.0 Å². The zero-order valence-electron chi connectivity index (χ0n) is 12.1. The highest BCUT2D eigenvalue weighted by Crippen LogP contribution is 2.28. The number of carboxylic acid groups (broad SMARTS) is 1. The molecule has 1 aromatic rings. The van der Waals surface area contributed by atoms with Gasteiger partial charge in [-0.2, -0.15) is 0 Å². The van der Waals surface area contributed by atoms with Crippen LogP contribution in [-0.2, 0) is 20.9 Å². The number of hydrogen-bond donors (Lipinski definition) is 2. The van der Waals surface area contributed by atoms with Gasteiger partial charge in [0.2, 0.25) is 0 Å². The summed E-state index contributed by atoms with van der Waals surface area (Å²) in [4.78, 5) is 32.4. The van der Waals surface area contributed by atoms with Crippen LogP contribution in [0.3, 0.4) is 0 Å². The number of rotatable bonds is 7. The SMILES string of the molecule is COc1cc(COC(=O)C[C@H](N)C(=O)O)c([N+](=O)[O-])cc1C. The van der Waals surface area contributed by atoms with Gasteiger partial charge in [0.05, 0.1) is 24.0 Å². The van der Waals surface area contributed by atoms with E-state index in [1.54, 1.807) is 6.92 Å². The molecule has 1 aromatic carbocycles. The van der Waals surface area contributed by atoms with E-state index in [2.05, 4.69) is 0 Å². The van der Waals surface area contributed by atoms with Crippen molar-refractivity contribution in [1.29, 1.82) is 0 Å². The highest BCUT2D eigenvalue weighted by Gasteiger charge is 2.21. The van der Waals surface area contributed by atoms with Crippen LogP contribution < -0.4 is 10.5 Å². The molecule has 0 saturated carbocycles. The Labute approximate surface area is 125 Å². The first kappa shape index (κ1) is 17.4. The average molecular weight is 312 g/mol. The second kappa shape index (κ2) is 7.36. The molecule has 0 aromatic heterocycles. The molecule has 0 radical (unpaired) electrons. The fourth-order valence-electron chi connectivity index (χ4n) is 1.70. The zero-order chi connectivity index (χ0) is 16.9. The number of carboxylic acids is 1. The van der Waals surface area contributed by atoms with Crippen LogP contribution in [0.2, 0.25) is 0 Å². The maximum absolute atomic E-state index is 11.5. The van der Waals surface area contributed by atoms with Crippen LogP contribution in [0.4, 0.5) is 5.69 Å². The van der Waals surface area contributed by atoms with Gasteiger partial charge in [-0.15, -0.1) is 0 Å². The summed E-state index contributed by atoms with van der Waals surface area (Å²) in [5.74, 6) is -1.78. The second-order valence-electron chi connectivity index (χ2n) is 4.52. The molecule has 0 aliphatic rings. The number of nitro groups is 1. The smallest absolute Gasteiger partial charge is 0.321 e. The van der Waals surface area contributed by atoms with Gasteiger partial charge in [-0.05, 0) is 18.6 Å². The molecule has 3 N–H and O–H groups in total. The Bertz CT molecular complexity index is 600. The molecule has 0 bridgehead atoms. The van der Waals surface area contributed by atoms with Crippen LogP contribution in [-0.4, -0.2) is 35.1 Å². The highest BCUT2D eigenvalue weighted by molar-refractivity contribution is 5.81. The lowest BCUT2D eigenvalue weighted by atomic mass is 10.1. The van der Waals surface area contributed by atoms with Crippen molar-refractivity contribution in [2.75, 3.05) is 7.11 Å². The third-order valence-corrected chi connectivity index (χ3v) is 2.89. The zero-order valence-corrected chi connectivity index (χ0v) is 12.1. The predicted octanol–water partition coefficient (Wildman–Crippen LogP) is 0.757. The summed E-state index contributed by atoms with van der Waals surface area (Å²) < 4.78 is 9.90. The number of hydrogen-bond acceptors (Lipinski definition) is 7. The van der Waals surface area contributed by atoms with Crippen LogP contribution >= 0.6 is 0 Å². The van der Waals surface area contributed by atoms with Gasteiger partial charge in [-0.3, -0.25) is 19.7 Å². The lowest BCUT2D eigenvalue weighted by Gasteiger charge is -2.10. The minimum absolute atomic E-state index is 0.143. The van der Waals surface area contributed by atoms with E-state index in [9.17, 15) is 19.7 Å². The highest BCUT2D eigenvalue weighted by atomic mass is 16.6. The number of methoxy groups -OCH3 is 1. The lowest BCUT2D eigenvalue weighted by Crippen LogP contribution is -2.33. The summed E-state index contributed by atoms with van der Waals surface area (Å²) in [6.07, 6.45) is -0.522. The van der Waals surface area contributed by atoms with E-state index in [-0.39, 0.29) is 17.9 Å². The Kier molecular flexibility index (Phi) is 5.81. The molecule has 1 atom stereocenters. The summed E-state index contributed by atoms with van der Waals surface area (Å²) in [5, 5.41) is 19.6. The molecule has 0 spiro atoms. The van der Waals surface area contributed by atoms with Gasteiger partial charge in [0.15, 0.2) is 0 Å². The van der Waals surface area contributed by atoms with Gasteiger partial charge < -0.3 is 20.3 Å². The molecule has 120 valence electrons. The molecular formula is C13H16N2O7. The lowest BCUT2D eigenvalue weighted by molar-refractivity contribution is -0.385. The Morgan fingerprint density at radius 3 is 2.59 bits per heavy atom. The topological polar surface area (TPSA) is 142 Å². The van der Waals surface area contributed by atoms with Crippen LogP contribution in [0.1, 0.15) is 17.5 Å². The second-order valence-corrected chi connectivity index (χ2v) is 4.52. The minimum Gasteiger partial charge on any atom is -0.496 e. The Morgan fingerprint density at radius 2 is 2.09 bits per heavy atom. The number of ether oxygens (including phenoxy) is 2. The maximum Gasteiger partial charge on any atom is 0.321 e. The Hall–Kier alpha value is -2.68. The van der Waals surface area contributed by atoms with E-state index in [0.717, 1.165) is 0 Å². The normalized spacial score (nSPS) is 11.6. The van der Waals surface area contributed by atoms with Crippen molar-refractivity contribution >= 4 is 17.6 Å². The van der Waals surface area contributed by atoms with E-state index < -0.39 is 29.3 Å². The summed E-state index contributed by atoms with van der Waals surface area (Å²) >= 11 is 0. The number of carbonyl (C=O) groups excluding carboxylic acids is 1. The van der Waals surface area contributed by atoms with Crippen LogP contribution in [0, 0.1) is 17.0 Å². The molecule has 0 amide bonds. The van der Waals surface area contributed by atoms with Gasteiger partial charge in [0.25, 0.3) is 5.69 Å². The largest absolute Gasteiger partial charge is 0.496 e. The van der Waals surface area contributed by atoms with Gasteiger partial charge in [-0.25, -0.2) is 0 Å². The molecular weight excluding hydrogens is 296 g/mol. The van der Waals surface area contributed by atoms with Crippen LogP contribution in [0.15, 0.2) is 12.1 Å².